The summed E-state index contributed by atoms with van der Waals surface area (Å²) < 4.78 is 0. The molecule has 2 rings (SSSR count). The molecule has 1 heterocycles. The lowest BCUT2D eigenvalue weighted by molar-refractivity contribution is 0.166. The number of hydrogen-bond acceptors (Lipinski definition) is 2. The molecular formula is C16H22N2. The fourth-order valence-electron chi connectivity index (χ4n) is 2.52. The first-order chi connectivity index (χ1) is 8.62. The van der Waals surface area contributed by atoms with E-state index < -0.39 is 0 Å². The van der Waals surface area contributed by atoms with Gasteiger partial charge in [-0.15, -0.1) is 0 Å². The van der Waals surface area contributed by atoms with Gasteiger partial charge in [-0.05, 0) is 50.9 Å². The molecule has 0 radical (unpaired) electrons. The van der Waals surface area contributed by atoms with Gasteiger partial charge < -0.3 is 5.73 Å². The van der Waals surface area contributed by atoms with E-state index in [0.29, 0.717) is 12.1 Å². The first-order valence-corrected chi connectivity index (χ1v) is 6.65. The zero-order valence-corrected chi connectivity index (χ0v) is 11.4. The van der Waals surface area contributed by atoms with Crippen LogP contribution in [0.2, 0.25) is 0 Å². The molecule has 18 heavy (non-hydrogen) atoms. The van der Waals surface area contributed by atoms with Crippen LogP contribution in [0.5, 0.6) is 0 Å². The van der Waals surface area contributed by atoms with Crippen molar-refractivity contribution in [1.82, 2.24) is 4.90 Å². The molecule has 0 amide bonds. The van der Waals surface area contributed by atoms with E-state index in [2.05, 4.69) is 54.9 Å². The Morgan fingerprint density at radius 2 is 2.00 bits per heavy atom. The van der Waals surface area contributed by atoms with E-state index in [0.717, 1.165) is 12.1 Å². The van der Waals surface area contributed by atoms with Crippen molar-refractivity contribution in [1.29, 1.82) is 0 Å². The van der Waals surface area contributed by atoms with E-state index in [4.69, 9.17) is 5.73 Å². The monoisotopic (exact) mass is 242 g/mol. The molecule has 1 aromatic rings. The number of rotatable bonds is 2. The maximum atomic E-state index is 5.36. The molecule has 0 unspecified atom stereocenters. The molecule has 1 aromatic carbocycles. The molecular weight excluding hydrogens is 220 g/mol. The van der Waals surface area contributed by atoms with Gasteiger partial charge in [-0.1, -0.05) is 24.0 Å². The quantitative estimate of drug-likeness (QED) is 0.807. The van der Waals surface area contributed by atoms with Crippen molar-refractivity contribution in [3.63, 3.8) is 0 Å². The van der Waals surface area contributed by atoms with Crippen molar-refractivity contribution >= 4 is 0 Å². The van der Waals surface area contributed by atoms with Gasteiger partial charge in [-0.25, -0.2) is 0 Å². The fraction of sp³-hybridized carbons (Fsp3) is 0.500. The maximum Gasteiger partial charge on any atom is 0.0555 e. The summed E-state index contributed by atoms with van der Waals surface area (Å²) in [7, 11) is 0. The third-order valence-corrected chi connectivity index (χ3v) is 3.73. The molecule has 2 heteroatoms. The van der Waals surface area contributed by atoms with Crippen LogP contribution >= 0.6 is 0 Å². The molecule has 0 saturated carbocycles. The van der Waals surface area contributed by atoms with Crippen LogP contribution in [0, 0.1) is 11.8 Å². The Hall–Kier alpha value is -1.30. The Morgan fingerprint density at radius 3 is 2.56 bits per heavy atom. The Balaban J connectivity index is 2.02. The predicted molar refractivity (Wildman–Crippen MR) is 76.1 cm³/mol. The molecule has 0 aliphatic carbocycles. The highest BCUT2D eigenvalue weighted by Gasteiger charge is 2.31. The van der Waals surface area contributed by atoms with Crippen molar-refractivity contribution < 1.29 is 0 Å². The van der Waals surface area contributed by atoms with E-state index in [1.807, 2.05) is 0 Å². The van der Waals surface area contributed by atoms with Crippen molar-refractivity contribution in [2.45, 2.75) is 38.8 Å². The number of benzene rings is 1. The Bertz CT molecular complexity index is 448. The zero-order chi connectivity index (χ0) is 13.0. The molecule has 1 aliphatic heterocycles. The largest absolute Gasteiger partial charge is 0.320 e. The number of nitrogens with two attached hydrogens (primary N) is 1. The number of nitrogens with zero attached hydrogens (tertiary/aromatic N) is 1. The molecule has 0 bridgehead atoms. The minimum absolute atomic E-state index is 0.345. The van der Waals surface area contributed by atoms with Gasteiger partial charge in [0, 0.05) is 17.6 Å². The first-order valence-electron chi connectivity index (χ1n) is 6.65. The highest BCUT2D eigenvalue weighted by molar-refractivity contribution is 5.36. The maximum absolute atomic E-state index is 5.36. The molecule has 1 fully saturated rings. The van der Waals surface area contributed by atoms with Crippen LogP contribution in [0.15, 0.2) is 24.3 Å². The molecule has 0 spiro atoms. The lowest BCUT2D eigenvalue weighted by atomic mass is 10.0. The number of likely N-dealkylation sites (tertiary alicyclic amines) is 1. The van der Waals surface area contributed by atoms with Crippen molar-refractivity contribution in [2.75, 3.05) is 13.1 Å². The van der Waals surface area contributed by atoms with E-state index in [1.54, 1.807) is 0 Å². The summed E-state index contributed by atoms with van der Waals surface area (Å²) >= 11 is 0. The van der Waals surface area contributed by atoms with E-state index in [1.165, 1.54) is 24.9 Å². The molecule has 0 atom stereocenters. The van der Waals surface area contributed by atoms with Gasteiger partial charge in [0.25, 0.3) is 0 Å². The van der Waals surface area contributed by atoms with Gasteiger partial charge in [0.1, 0.15) is 0 Å². The molecule has 2 N–H and O–H groups in total. The van der Waals surface area contributed by atoms with Gasteiger partial charge >= 0.3 is 0 Å². The molecule has 0 aromatic heterocycles. The average molecular weight is 242 g/mol. The summed E-state index contributed by atoms with van der Waals surface area (Å²) in [6, 6.07) is 8.52. The SMILES string of the molecule is CC1(C)CCCN1Cc1ccc(C#CCN)cc1. The smallest absolute Gasteiger partial charge is 0.0555 e. The van der Waals surface area contributed by atoms with Crippen LogP contribution in [0.25, 0.3) is 0 Å². The average Bonchev–Trinajstić information content (AvgIpc) is 2.68. The third kappa shape index (κ3) is 3.13. The van der Waals surface area contributed by atoms with Crippen LogP contribution in [0.4, 0.5) is 0 Å². The second kappa shape index (κ2) is 5.56. The Labute approximate surface area is 110 Å². The van der Waals surface area contributed by atoms with Gasteiger partial charge in [-0.3, -0.25) is 4.90 Å². The van der Waals surface area contributed by atoms with Crippen LogP contribution in [0.1, 0.15) is 37.8 Å². The molecule has 1 aliphatic rings. The Kier molecular flexibility index (Phi) is 4.06. The standard InChI is InChI=1S/C16H22N2/c1-16(2)10-4-12-18(16)13-15-8-6-14(7-9-15)5-3-11-17/h6-9H,4,10-13,17H2,1-2H3. The fourth-order valence-corrected chi connectivity index (χ4v) is 2.52. The second-order valence-corrected chi connectivity index (χ2v) is 5.54. The van der Waals surface area contributed by atoms with Crippen molar-refractivity contribution in [2.24, 2.45) is 5.73 Å². The number of hydrogen-bond donors (Lipinski definition) is 1. The summed E-state index contributed by atoms with van der Waals surface area (Å²) in [4.78, 5) is 2.56. The minimum atomic E-state index is 0.345. The minimum Gasteiger partial charge on any atom is -0.320 e. The highest BCUT2D eigenvalue weighted by atomic mass is 15.2. The van der Waals surface area contributed by atoms with E-state index >= 15 is 0 Å². The van der Waals surface area contributed by atoms with Crippen LogP contribution < -0.4 is 5.73 Å². The normalized spacial score (nSPS) is 18.4. The molecule has 2 nitrogen and oxygen atoms in total. The third-order valence-electron chi connectivity index (χ3n) is 3.73. The van der Waals surface area contributed by atoms with Crippen LogP contribution in [-0.2, 0) is 6.54 Å². The zero-order valence-electron chi connectivity index (χ0n) is 11.4. The van der Waals surface area contributed by atoms with Gasteiger partial charge in [0.2, 0.25) is 0 Å². The predicted octanol–water partition coefficient (Wildman–Crippen LogP) is 2.37. The van der Waals surface area contributed by atoms with E-state index in [-0.39, 0.29) is 0 Å². The Morgan fingerprint density at radius 1 is 1.28 bits per heavy atom. The van der Waals surface area contributed by atoms with Crippen LogP contribution in [-0.4, -0.2) is 23.5 Å². The van der Waals surface area contributed by atoms with Crippen LogP contribution in [0.3, 0.4) is 0 Å². The summed E-state index contributed by atoms with van der Waals surface area (Å²) in [5.74, 6) is 5.93. The molecule has 96 valence electrons. The first kappa shape index (κ1) is 13.1. The molecule has 1 saturated heterocycles. The topological polar surface area (TPSA) is 29.3 Å². The lowest BCUT2D eigenvalue weighted by Gasteiger charge is -2.31. The van der Waals surface area contributed by atoms with E-state index in [9.17, 15) is 0 Å². The van der Waals surface area contributed by atoms with Gasteiger partial charge in [-0.2, -0.15) is 0 Å². The lowest BCUT2D eigenvalue weighted by Crippen LogP contribution is -2.37. The van der Waals surface area contributed by atoms with Crippen molar-refractivity contribution in [3.8, 4) is 11.8 Å². The van der Waals surface area contributed by atoms with Gasteiger partial charge in [0.05, 0.1) is 6.54 Å². The second-order valence-electron chi connectivity index (χ2n) is 5.54. The highest BCUT2D eigenvalue weighted by Crippen LogP contribution is 2.29. The summed E-state index contributed by atoms with van der Waals surface area (Å²) in [6.45, 7) is 7.34. The summed E-state index contributed by atoms with van der Waals surface area (Å²) in [5, 5.41) is 0. The summed E-state index contributed by atoms with van der Waals surface area (Å²) in [5.41, 5.74) is 8.12. The summed E-state index contributed by atoms with van der Waals surface area (Å²) in [6.07, 6.45) is 2.61. The van der Waals surface area contributed by atoms with Gasteiger partial charge in [0.15, 0.2) is 0 Å². The van der Waals surface area contributed by atoms with Crippen molar-refractivity contribution in [3.05, 3.63) is 35.4 Å².